The quantitative estimate of drug-likeness (QED) is 0.762. The minimum atomic E-state index is 0.0321. The molecule has 0 fully saturated rings. The first-order chi connectivity index (χ1) is 11.0. The Hall–Kier alpha value is -2.36. The number of nitrogens with zero attached hydrogens (tertiary/aromatic N) is 3. The molecule has 1 aromatic heterocycles. The van der Waals surface area contributed by atoms with Gasteiger partial charge in [-0.25, -0.2) is 4.68 Å². The molecule has 0 saturated carbocycles. The van der Waals surface area contributed by atoms with Gasteiger partial charge in [0.1, 0.15) is 0 Å². The number of amides is 1. The molecule has 1 heterocycles. The highest BCUT2D eigenvalue weighted by Crippen LogP contribution is 2.19. The largest absolute Gasteiger partial charge is 0.342 e. The predicted octanol–water partition coefficient (Wildman–Crippen LogP) is 3.76. The molecule has 0 aliphatic rings. The van der Waals surface area contributed by atoms with Crippen molar-refractivity contribution in [1.29, 1.82) is 0 Å². The molecule has 2 aromatic rings. The lowest BCUT2D eigenvalue weighted by Gasteiger charge is -2.13. The van der Waals surface area contributed by atoms with Crippen molar-refractivity contribution in [3.63, 3.8) is 0 Å². The molecular weight excluding hydrogens is 286 g/mol. The first-order valence-electron chi connectivity index (χ1n) is 8.09. The number of likely N-dealkylation sites (N-methyl/N-ethyl adjacent to an activating group) is 1. The van der Waals surface area contributed by atoms with Gasteiger partial charge in [-0.2, -0.15) is 5.10 Å². The Morgan fingerprint density at radius 3 is 2.61 bits per heavy atom. The number of aromatic nitrogens is 2. The van der Waals surface area contributed by atoms with Crippen molar-refractivity contribution in [3.8, 4) is 5.69 Å². The van der Waals surface area contributed by atoms with E-state index in [0.29, 0.717) is 0 Å². The summed E-state index contributed by atoms with van der Waals surface area (Å²) >= 11 is 0. The number of para-hydroxylation sites is 1. The average Bonchev–Trinajstić information content (AvgIpc) is 2.85. The van der Waals surface area contributed by atoms with Crippen LogP contribution in [0.4, 0.5) is 0 Å². The number of carbonyl (C=O) groups is 1. The van der Waals surface area contributed by atoms with Crippen molar-refractivity contribution in [2.75, 3.05) is 13.6 Å². The average molecular weight is 311 g/mol. The standard InChI is InChI=1S/C19H25N3O/c1-5-6-14-21(4)19(23)13-12-18-15(2)20-22(16(18)3)17-10-8-7-9-11-17/h7-13H,5-6,14H2,1-4H3/b13-12+. The Kier molecular flexibility index (Phi) is 5.74. The summed E-state index contributed by atoms with van der Waals surface area (Å²) in [6.07, 6.45) is 5.63. The fourth-order valence-electron chi connectivity index (χ4n) is 2.50. The maximum Gasteiger partial charge on any atom is 0.246 e. The van der Waals surface area contributed by atoms with Gasteiger partial charge in [-0.3, -0.25) is 4.79 Å². The minimum absolute atomic E-state index is 0.0321. The SMILES string of the molecule is CCCCN(C)C(=O)/C=C/c1c(C)nn(-c2ccccc2)c1C. The normalized spacial score (nSPS) is 11.1. The van der Waals surface area contributed by atoms with Gasteiger partial charge in [0.2, 0.25) is 5.91 Å². The summed E-state index contributed by atoms with van der Waals surface area (Å²) in [4.78, 5) is 13.9. The molecule has 23 heavy (non-hydrogen) atoms. The van der Waals surface area contributed by atoms with E-state index < -0.39 is 0 Å². The predicted molar refractivity (Wildman–Crippen MR) is 94.6 cm³/mol. The Balaban J connectivity index is 2.19. The van der Waals surface area contributed by atoms with Crippen LogP contribution in [-0.2, 0) is 4.79 Å². The van der Waals surface area contributed by atoms with E-state index in [2.05, 4.69) is 12.0 Å². The topological polar surface area (TPSA) is 38.1 Å². The van der Waals surface area contributed by atoms with E-state index in [9.17, 15) is 4.79 Å². The van der Waals surface area contributed by atoms with Crippen LogP contribution < -0.4 is 0 Å². The minimum Gasteiger partial charge on any atom is -0.342 e. The highest BCUT2D eigenvalue weighted by molar-refractivity contribution is 5.91. The fourth-order valence-corrected chi connectivity index (χ4v) is 2.50. The van der Waals surface area contributed by atoms with E-state index in [4.69, 9.17) is 0 Å². The van der Waals surface area contributed by atoms with Crippen molar-refractivity contribution in [2.24, 2.45) is 0 Å². The van der Waals surface area contributed by atoms with Gasteiger partial charge in [0.05, 0.1) is 11.4 Å². The van der Waals surface area contributed by atoms with Crippen LogP contribution in [0.15, 0.2) is 36.4 Å². The molecule has 0 aliphatic carbocycles. The van der Waals surface area contributed by atoms with E-state index in [1.54, 1.807) is 11.0 Å². The van der Waals surface area contributed by atoms with Crippen LogP contribution >= 0.6 is 0 Å². The number of carbonyl (C=O) groups excluding carboxylic acids is 1. The van der Waals surface area contributed by atoms with Crippen molar-refractivity contribution in [3.05, 3.63) is 53.4 Å². The van der Waals surface area contributed by atoms with Gasteiger partial charge in [0, 0.05) is 30.9 Å². The smallest absolute Gasteiger partial charge is 0.246 e. The van der Waals surface area contributed by atoms with Crippen LogP contribution in [-0.4, -0.2) is 34.2 Å². The number of hydrogen-bond acceptors (Lipinski definition) is 2. The number of hydrogen-bond donors (Lipinski definition) is 0. The zero-order valence-electron chi connectivity index (χ0n) is 14.4. The van der Waals surface area contributed by atoms with Gasteiger partial charge in [-0.05, 0) is 38.5 Å². The van der Waals surface area contributed by atoms with E-state index in [1.165, 1.54) is 0 Å². The van der Waals surface area contributed by atoms with Crippen LogP contribution in [0.25, 0.3) is 11.8 Å². The first kappa shape index (κ1) is 17.0. The van der Waals surface area contributed by atoms with Gasteiger partial charge in [-0.15, -0.1) is 0 Å². The lowest BCUT2D eigenvalue weighted by Crippen LogP contribution is -2.25. The third kappa shape index (κ3) is 4.09. The maximum absolute atomic E-state index is 12.1. The van der Waals surface area contributed by atoms with Crippen LogP contribution in [0.5, 0.6) is 0 Å². The summed E-state index contributed by atoms with van der Waals surface area (Å²) in [5.74, 6) is 0.0321. The number of aryl methyl sites for hydroxylation is 1. The molecule has 2 rings (SSSR count). The van der Waals surface area contributed by atoms with Crippen molar-refractivity contribution < 1.29 is 4.79 Å². The van der Waals surface area contributed by atoms with Crippen LogP contribution in [0.1, 0.15) is 36.7 Å². The van der Waals surface area contributed by atoms with E-state index >= 15 is 0 Å². The van der Waals surface area contributed by atoms with Crippen LogP contribution in [0.3, 0.4) is 0 Å². The second-order valence-corrected chi connectivity index (χ2v) is 5.78. The summed E-state index contributed by atoms with van der Waals surface area (Å²) < 4.78 is 1.92. The summed E-state index contributed by atoms with van der Waals surface area (Å²) in [6, 6.07) is 10.0. The Labute approximate surface area is 138 Å². The number of unbranched alkanes of at least 4 members (excludes halogenated alkanes) is 1. The van der Waals surface area contributed by atoms with Crippen molar-refractivity contribution >= 4 is 12.0 Å². The van der Waals surface area contributed by atoms with Crippen LogP contribution in [0.2, 0.25) is 0 Å². The third-order valence-corrected chi connectivity index (χ3v) is 3.96. The molecule has 0 unspecified atom stereocenters. The zero-order valence-corrected chi connectivity index (χ0v) is 14.4. The fraction of sp³-hybridized carbons (Fsp3) is 0.368. The second kappa shape index (κ2) is 7.77. The molecule has 4 nitrogen and oxygen atoms in total. The van der Waals surface area contributed by atoms with Crippen molar-refractivity contribution in [1.82, 2.24) is 14.7 Å². The molecule has 1 amide bonds. The second-order valence-electron chi connectivity index (χ2n) is 5.78. The molecule has 0 N–H and O–H groups in total. The molecular formula is C19H25N3O. The van der Waals surface area contributed by atoms with Crippen molar-refractivity contribution in [2.45, 2.75) is 33.6 Å². The van der Waals surface area contributed by atoms with E-state index in [-0.39, 0.29) is 5.91 Å². The molecule has 0 bridgehead atoms. The lowest BCUT2D eigenvalue weighted by atomic mass is 10.1. The van der Waals surface area contributed by atoms with E-state index in [0.717, 1.165) is 42.0 Å². The summed E-state index contributed by atoms with van der Waals surface area (Å²) in [5, 5.41) is 4.59. The zero-order chi connectivity index (χ0) is 16.8. The van der Waals surface area contributed by atoms with Crippen LogP contribution in [0, 0.1) is 13.8 Å². The van der Waals surface area contributed by atoms with Gasteiger partial charge < -0.3 is 4.90 Å². The Bertz CT molecular complexity index is 686. The van der Waals surface area contributed by atoms with Gasteiger partial charge in [-0.1, -0.05) is 31.5 Å². The Morgan fingerprint density at radius 2 is 1.96 bits per heavy atom. The molecule has 0 atom stereocenters. The summed E-state index contributed by atoms with van der Waals surface area (Å²) in [7, 11) is 1.84. The molecule has 0 saturated heterocycles. The summed E-state index contributed by atoms with van der Waals surface area (Å²) in [6.45, 7) is 6.91. The third-order valence-electron chi connectivity index (χ3n) is 3.96. The highest BCUT2D eigenvalue weighted by Gasteiger charge is 2.11. The monoisotopic (exact) mass is 311 g/mol. The molecule has 122 valence electrons. The first-order valence-corrected chi connectivity index (χ1v) is 8.09. The van der Waals surface area contributed by atoms with Gasteiger partial charge >= 0.3 is 0 Å². The molecule has 4 heteroatoms. The van der Waals surface area contributed by atoms with E-state index in [1.807, 2.05) is 62.0 Å². The maximum atomic E-state index is 12.1. The molecule has 0 radical (unpaired) electrons. The number of benzene rings is 1. The lowest BCUT2D eigenvalue weighted by molar-refractivity contribution is -0.124. The van der Waals surface area contributed by atoms with Gasteiger partial charge in [0.25, 0.3) is 0 Å². The highest BCUT2D eigenvalue weighted by atomic mass is 16.2. The van der Waals surface area contributed by atoms with Gasteiger partial charge in [0.15, 0.2) is 0 Å². The molecule has 1 aromatic carbocycles. The molecule has 0 spiro atoms. The number of rotatable bonds is 6. The molecule has 0 aliphatic heterocycles. The Morgan fingerprint density at radius 1 is 1.26 bits per heavy atom. The summed E-state index contributed by atoms with van der Waals surface area (Å²) in [5.41, 5.74) is 3.99.